The molecule has 1 heterocycles. The smallest absolute Gasteiger partial charge is 0.333 e. The number of amides is 2. The molecule has 200 valence electrons. The van der Waals surface area contributed by atoms with Crippen molar-refractivity contribution >= 4 is 17.8 Å². The van der Waals surface area contributed by atoms with E-state index in [4.69, 9.17) is 4.74 Å². The Balaban J connectivity index is 2.23. The van der Waals surface area contributed by atoms with Gasteiger partial charge >= 0.3 is 5.97 Å². The zero-order chi connectivity index (χ0) is 26.3. The third kappa shape index (κ3) is 7.80. The first kappa shape index (κ1) is 29.3. The van der Waals surface area contributed by atoms with Gasteiger partial charge in [0.2, 0.25) is 11.8 Å². The van der Waals surface area contributed by atoms with Crippen molar-refractivity contribution < 1.29 is 19.1 Å². The normalized spacial score (nSPS) is 22.1. The number of piperidine rings is 1. The number of rotatable bonds is 9. The average molecular weight is 492 g/mol. The molecule has 1 aliphatic carbocycles. The highest BCUT2D eigenvalue weighted by atomic mass is 16.5. The molecule has 2 amide bonds. The summed E-state index contributed by atoms with van der Waals surface area (Å²) in [6, 6.07) is -0.635. The molecule has 2 fully saturated rings. The first-order chi connectivity index (χ1) is 16.4. The molecule has 2 rings (SSSR count). The number of likely N-dealkylation sites (tertiary alicyclic amines) is 1. The molecule has 0 bridgehead atoms. The number of hydrogen-bond donors (Lipinski definition) is 1. The van der Waals surface area contributed by atoms with Crippen molar-refractivity contribution in [3.63, 3.8) is 0 Å². The van der Waals surface area contributed by atoms with Crippen molar-refractivity contribution in [3.8, 4) is 0 Å². The average Bonchev–Trinajstić information content (AvgIpc) is 3.33. The Morgan fingerprint density at radius 3 is 2.23 bits per heavy atom. The van der Waals surface area contributed by atoms with Gasteiger partial charge in [0.25, 0.3) is 0 Å². The summed E-state index contributed by atoms with van der Waals surface area (Å²) in [5, 5.41) is 3.17. The molecule has 2 aliphatic rings. The second-order valence-electron chi connectivity index (χ2n) is 11.7. The van der Waals surface area contributed by atoms with Crippen molar-refractivity contribution in [2.75, 3.05) is 20.2 Å². The van der Waals surface area contributed by atoms with Gasteiger partial charge in [0.05, 0.1) is 18.7 Å². The summed E-state index contributed by atoms with van der Waals surface area (Å²) in [6.45, 7) is 14.8. The lowest BCUT2D eigenvalue weighted by molar-refractivity contribution is -0.142. The van der Waals surface area contributed by atoms with E-state index < -0.39 is 11.5 Å². The van der Waals surface area contributed by atoms with E-state index in [2.05, 4.69) is 10.2 Å². The van der Waals surface area contributed by atoms with Crippen LogP contribution in [0.3, 0.4) is 0 Å². The molecule has 0 aromatic rings. The van der Waals surface area contributed by atoms with Gasteiger partial charge < -0.3 is 15.0 Å². The van der Waals surface area contributed by atoms with Gasteiger partial charge in [-0.1, -0.05) is 60.0 Å². The third-order valence-corrected chi connectivity index (χ3v) is 7.54. The fraction of sp³-hybridized carbons (Fsp3) is 0.821. The Bertz CT molecular complexity index is 765. The van der Waals surface area contributed by atoms with Crippen LogP contribution in [0, 0.1) is 11.3 Å². The van der Waals surface area contributed by atoms with E-state index in [1.165, 1.54) is 12.8 Å². The monoisotopic (exact) mass is 491 g/mol. The maximum Gasteiger partial charge on any atom is 0.333 e. The summed E-state index contributed by atoms with van der Waals surface area (Å²) < 4.78 is 5.13. The van der Waals surface area contributed by atoms with Crippen LogP contribution < -0.4 is 5.32 Å². The number of likely N-dealkylation sites (N-methyl/N-ethyl adjacent to an activating group) is 1. The second-order valence-corrected chi connectivity index (χ2v) is 11.7. The molecule has 7 nitrogen and oxygen atoms in total. The van der Waals surface area contributed by atoms with Crippen molar-refractivity contribution in [2.24, 2.45) is 11.3 Å². The molecule has 0 radical (unpaired) electrons. The van der Waals surface area contributed by atoms with Crippen LogP contribution in [0.2, 0.25) is 0 Å². The van der Waals surface area contributed by atoms with Crippen molar-refractivity contribution in [2.45, 2.75) is 118 Å². The van der Waals surface area contributed by atoms with E-state index in [0.717, 1.165) is 38.6 Å². The predicted molar refractivity (Wildman–Crippen MR) is 140 cm³/mol. The van der Waals surface area contributed by atoms with Crippen LogP contribution in [-0.4, -0.2) is 72.0 Å². The molecule has 0 aromatic heterocycles. The first-order valence-electron chi connectivity index (χ1n) is 13.6. The summed E-state index contributed by atoms with van der Waals surface area (Å²) in [5.74, 6) is -0.455. The largest absolute Gasteiger partial charge is 0.463 e. The van der Waals surface area contributed by atoms with E-state index in [1.54, 1.807) is 25.8 Å². The molecule has 35 heavy (non-hydrogen) atoms. The topological polar surface area (TPSA) is 79.0 Å². The highest BCUT2D eigenvalue weighted by Crippen LogP contribution is 2.30. The predicted octanol–water partition coefficient (Wildman–Crippen LogP) is 4.31. The number of hydrogen-bond acceptors (Lipinski definition) is 5. The Morgan fingerprint density at radius 1 is 1.09 bits per heavy atom. The highest BCUT2D eigenvalue weighted by Gasteiger charge is 2.41. The van der Waals surface area contributed by atoms with Crippen molar-refractivity contribution in [3.05, 3.63) is 11.6 Å². The summed E-state index contributed by atoms with van der Waals surface area (Å²) >= 11 is 0. The summed E-state index contributed by atoms with van der Waals surface area (Å²) in [5.41, 5.74) is 0.0194. The summed E-state index contributed by atoms with van der Waals surface area (Å²) in [4.78, 5) is 43.7. The van der Waals surface area contributed by atoms with Crippen LogP contribution in [0.5, 0.6) is 0 Å². The number of carbonyl (C=O) groups excluding carboxylic acids is 3. The molecule has 0 unspecified atom stereocenters. The minimum absolute atomic E-state index is 0.0300. The zero-order valence-corrected chi connectivity index (χ0v) is 23.4. The molecule has 1 aliphatic heterocycles. The number of esters is 1. The van der Waals surface area contributed by atoms with Gasteiger partial charge in [0.1, 0.15) is 6.04 Å². The number of ether oxygens (including phenoxy) is 1. The summed E-state index contributed by atoms with van der Waals surface area (Å²) in [6.07, 6.45) is 9.63. The maximum atomic E-state index is 13.8. The van der Waals surface area contributed by atoms with Gasteiger partial charge in [0, 0.05) is 18.7 Å². The Labute approximate surface area is 213 Å². The lowest BCUT2D eigenvalue weighted by atomic mass is 9.84. The molecule has 3 atom stereocenters. The van der Waals surface area contributed by atoms with Crippen LogP contribution in [0.1, 0.15) is 93.4 Å². The van der Waals surface area contributed by atoms with Crippen LogP contribution >= 0.6 is 0 Å². The van der Waals surface area contributed by atoms with Gasteiger partial charge in [-0.15, -0.1) is 0 Å². The van der Waals surface area contributed by atoms with E-state index in [9.17, 15) is 14.4 Å². The molecule has 0 spiro atoms. The number of nitrogens with one attached hydrogen (secondary N) is 1. The molecule has 1 saturated carbocycles. The first-order valence-corrected chi connectivity index (χ1v) is 13.6. The fourth-order valence-electron chi connectivity index (χ4n) is 5.47. The number of carbonyl (C=O) groups is 3. The van der Waals surface area contributed by atoms with Crippen LogP contribution in [0.15, 0.2) is 11.6 Å². The Hall–Kier alpha value is -1.89. The van der Waals surface area contributed by atoms with Gasteiger partial charge in [0.15, 0.2) is 0 Å². The van der Waals surface area contributed by atoms with Gasteiger partial charge in [-0.25, -0.2) is 4.79 Å². The Kier molecular flexibility index (Phi) is 10.8. The van der Waals surface area contributed by atoms with Crippen LogP contribution in [0.25, 0.3) is 0 Å². The van der Waals surface area contributed by atoms with Gasteiger partial charge in [-0.05, 0) is 57.4 Å². The van der Waals surface area contributed by atoms with Crippen LogP contribution in [-0.2, 0) is 19.1 Å². The minimum atomic E-state index is -0.662. The van der Waals surface area contributed by atoms with Crippen molar-refractivity contribution in [1.29, 1.82) is 0 Å². The van der Waals surface area contributed by atoms with Crippen molar-refractivity contribution in [1.82, 2.24) is 15.1 Å². The third-order valence-electron chi connectivity index (χ3n) is 7.54. The molecule has 1 N–H and O–H groups in total. The highest BCUT2D eigenvalue weighted by molar-refractivity contribution is 5.91. The molecular formula is C28H49N3O4. The van der Waals surface area contributed by atoms with E-state index >= 15 is 0 Å². The standard InChI is InChI=1S/C28H49N3O4/c1-9-35-27(34)20(4)18-23(19(2)3)30(8)26(33)24(28(5,6)7)29-25(32)22-16-12-13-17-31(22)21-14-10-11-15-21/h18-19,21-24H,9-17H2,1-8H3,(H,29,32)/t22-,23-,24-/m1/s1. The maximum absolute atomic E-state index is 13.8. The lowest BCUT2D eigenvalue weighted by Crippen LogP contribution is -2.60. The minimum Gasteiger partial charge on any atom is -0.463 e. The molecule has 7 heteroatoms. The van der Waals surface area contributed by atoms with Crippen LogP contribution in [0.4, 0.5) is 0 Å². The molecule has 1 saturated heterocycles. The second kappa shape index (κ2) is 12.9. The summed E-state index contributed by atoms with van der Waals surface area (Å²) in [7, 11) is 1.76. The Morgan fingerprint density at radius 2 is 1.69 bits per heavy atom. The van der Waals surface area contributed by atoms with E-state index in [-0.39, 0.29) is 35.8 Å². The quantitative estimate of drug-likeness (QED) is 0.384. The molecular weight excluding hydrogens is 442 g/mol. The zero-order valence-electron chi connectivity index (χ0n) is 23.4. The SMILES string of the molecule is CCOC(=O)C(C)=C[C@H](C(C)C)N(C)C(=O)[C@@H](NC(=O)[C@H]1CCCCN1C1CCCC1)C(C)(C)C. The fourth-order valence-corrected chi connectivity index (χ4v) is 5.47. The van der Waals surface area contributed by atoms with E-state index in [0.29, 0.717) is 18.2 Å². The molecule has 0 aromatic carbocycles. The lowest BCUT2D eigenvalue weighted by Gasteiger charge is -2.41. The van der Waals surface area contributed by atoms with Gasteiger partial charge in [-0.3, -0.25) is 14.5 Å². The van der Waals surface area contributed by atoms with Gasteiger partial charge in [-0.2, -0.15) is 0 Å². The number of nitrogens with zero attached hydrogens (tertiary/aromatic N) is 2. The van der Waals surface area contributed by atoms with E-state index in [1.807, 2.05) is 40.7 Å².